The van der Waals surface area contributed by atoms with E-state index in [1.165, 1.54) is 12.1 Å². The van der Waals surface area contributed by atoms with Crippen LogP contribution in [0.3, 0.4) is 0 Å². The number of hydrogen-bond donors (Lipinski definition) is 0. The predicted molar refractivity (Wildman–Crippen MR) is 52.1 cm³/mol. The van der Waals surface area contributed by atoms with E-state index in [1.807, 2.05) is 35.2 Å². The average Bonchev–Trinajstić information content (AvgIpc) is 2.23. The Morgan fingerprint density at radius 1 is 0.933 bits per heavy atom. The number of pyridine rings is 1. The van der Waals surface area contributed by atoms with Crippen LogP contribution in [0.2, 0.25) is 0 Å². The summed E-state index contributed by atoms with van der Waals surface area (Å²) in [5.74, 6) is -0.188. The van der Waals surface area contributed by atoms with E-state index < -0.39 is 0 Å². The number of nitrogens with zero attached hydrogens (tertiary/aromatic N) is 1. The highest BCUT2D eigenvalue weighted by molar-refractivity contribution is 5.14. The molecule has 78 valence electrons. The Morgan fingerprint density at radius 3 is 2.13 bits per heavy atom. The molecule has 0 spiro atoms. The van der Waals surface area contributed by atoms with E-state index in [0.717, 1.165) is 12.1 Å². The summed E-state index contributed by atoms with van der Waals surface area (Å²) in [6, 6.07) is 12.5. The summed E-state index contributed by atoms with van der Waals surface area (Å²) >= 11 is 0. The van der Waals surface area contributed by atoms with Crippen molar-refractivity contribution in [2.75, 3.05) is 0 Å². The monoisotopic (exact) mass is 267 g/mol. The highest BCUT2D eigenvalue weighted by atomic mass is 79.9. The van der Waals surface area contributed by atoms with Gasteiger partial charge in [-0.2, -0.15) is 0 Å². The summed E-state index contributed by atoms with van der Waals surface area (Å²) in [4.78, 5) is 0. The normalized spacial score (nSPS) is 9.40. The molecule has 0 unspecified atom stereocenters. The van der Waals surface area contributed by atoms with Crippen LogP contribution >= 0.6 is 0 Å². The SMILES string of the molecule is Fc1ccc(C[n+]2ccccc2)cc1.[Br-]. The van der Waals surface area contributed by atoms with Crippen LogP contribution in [0.4, 0.5) is 4.39 Å². The molecule has 0 amide bonds. The molecule has 2 rings (SSSR count). The zero-order valence-corrected chi connectivity index (χ0v) is 9.69. The van der Waals surface area contributed by atoms with Crippen molar-refractivity contribution in [3.05, 3.63) is 66.2 Å². The minimum atomic E-state index is -0.188. The number of hydrogen-bond acceptors (Lipinski definition) is 0. The zero-order valence-electron chi connectivity index (χ0n) is 8.11. The first-order valence-corrected chi connectivity index (χ1v) is 4.53. The maximum atomic E-state index is 12.6. The number of halogens is 2. The van der Waals surface area contributed by atoms with Crippen LogP contribution in [0, 0.1) is 5.82 Å². The van der Waals surface area contributed by atoms with Gasteiger partial charge in [-0.05, 0) is 24.3 Å². The smallest absolute Gasteiger partial charge is 0.173 e. The van der Waals surface area contributed by atoms with E-state index in [0.29, 0.717) is 0 Å². The maximum Gasteiger partial charge on any atom is 0.173 e. The highest BCUT2D eigenvalue weighted by Crippen LogP contribution is 2.01. The van der Waals surface area contributed by atoms with E-state index in [1.54, 1.807) is 12.1 Å². The van der Waals surface area contributed by atoms with E-state index in [4.69, 9.17) is 0 Å². The Hall–Kier alpha value is -1.22. The van der Waals surface area contributed by atoms with Crippen LogP contribution in [-0.2, 0) is 6.54 Å². The summed E-state index contributed by atoms with van der Waals surface area (Å²) in [7, 11) is 0. The number of benzene rings is 1. The van der Waals surface area contributed by atoms with Gasteiger partial charge in [0.25, 0.3) is 0 Å². The molecule has 0 atom stereocenters. The second-order valence-corrected chi connectivity index (χ2v) is 3.17. The molecule has 0 N–H and O–H groups in total. The number of aromatic nitrogens is 1. The van der Waals surface area contributed by atoms with Crippen molar-refractivity contribution in [1.82, 2.24) is 0 Å². The molecule has 15 heavy (non-hydrogen) atoms. The van der Waals surface area contributed by atoms with E-state index in [2.05, 4.69) is 0 Å². The third-order valence-corrected chi connectivity index (χ3v) is 2.06. The van der Waals surface area contributed by atoms with Gasteiger partial charge in [0.05, 0.1) is 0 Å². The van der Waals surface area contributed by atoms with Crippen molar-refractivity contribution in [3.8, 4) is 0 Å². The van der Waals surface area contributed by atoms with Crippen LogP contribution in [0.25, 0.3) is 0 Å². The molecule has 2 aromatic rings. The standard InChI is InChI=1S/C12H11FN.BrH/c13-12-6-4-11(5-7-12)10-14-8-2-1-3-9-14;/h1-9H,10H2;1H/q+1;/p-1. The molecular weight excluding hydrogens is 257 g/mol. The van der Waals surface area contributed by atoms with Crippen molar-refractivity contribution in [1.29, 1.82) is 0 Å². The minimum Gasteiger partial charge on any atom is -1.00 e. The summed E-state index contributed by atoms with van der Waals surface area (Å²) < 4.78 is 14.7. The summed E-state index contributed by atoms with van der Waals surface area (Å²) in [5, 5.41) is 0. The fourth-order valence-electron chi connectivity index (χ4n) is 1.34. The predicted octanol–water partition coefficient (Wildman–Crippen LogP) is -0.834. The molecule has 0 aliphatic carbocycles. The highest BCUT2D eigenvalue weighted by Gasteiger charge is 2.00. The van der Waals surface area contributed by atoms with Gasteiger partial charge >= 0.3 is 0 Å². The minimum absolute atomic E-state index is 0. The summed E-state index contributed by atoms with van der Waals surface area (Å²) in [6.45, 7) is 0.779. The van der Waals surface area contributed by atoms with E-state index in [9.17, 15) is 4.39 Å². The Bertz CT molecular complexity index is 400. The molecule has 0 saturated heterocycles. The van der Waals surface area contributed by atoms with Crippen LogP contribution < -0.4 is 21.5 Å². The molecule has 0 bridgehead atoms. The van der Waals surface area contributed by atoms with Crippen LogP contribution in [0.15, 0.2) is 54.9 Å². The van der Waals surface area contributed by atoms with Gasteiger partial charge in [0.15, 0.2) is 18.9 Å². The molecule has 0 saturated carbocycles. The van der Waals surface area contributed by atoms with Gasteiger partial charge in [0.2, 0.25) is 0 Å². The Kier molecular flexibility index (Phi) is 4.43. The van der Waals surface area contributed by atoms with Gasteiger partial charge in [-0.3, -0.25) is 0 Å². The lowest BCUT2D eigenvalue weighted by atomic mass is 10.2. The van der Waals surface area contributed by atoms with Gasteiger partial charge in [-0.25, -0.2) is 8.96 Å². The second-order valence-electron chi connectivity index (χ2n) is 3.17. The lowest BCUT2D eigenvalue weighted by molar-refractivity contribution is -0.688. The van der Waals surface area contributed by atoms with Gasteiger partial charge in [0.1, 0.15) is 5.82 Å². The Labute approximate surface area is 99.0 Å². The van der Waals surface area contributed by atoms with Gasteiger partial charge in [-0.1, -0.05) is 6.07 Å². The first kappa shape index (κ1) is 11.9. The lowest BCUT2D eigenvalue weighted by Gasteiger charge is -1.96. The van der Waals surface area contributed by atoms with E-state index >= 15 is 0 Å². The first-order chi connectivity index (χ1) is 6.84. The van der Waals surface area contributed by atoms with Crippen LogP contribution in [0.5, 0.6) is 0 Å². The quantitative estimate of drug-likeness (QED) is 0.626. The third-order valence-electron chi connectivity index (χ3n) is 2.06. The Morgan fingerprint density at radius 2 is 1.53 bits per heavy atom. The third kappa shape index (κ3) is 3.44. The molecule has 1 aromatic carbocycles. The molecule has 0 fully saturated rings. The molecule has 1 nitrogen and oxygen atoms in total. The number of rotatable bonds is 2. The maximum absolute atomic E-state index is 12.6. The van der Waals surface area contributed by atoms with Crippen molar-refractivity contribution < 1.29 is 25.9 Å². The zero-order chi connectivity index (χ0) is 9.80. The van der Waals surface area contributed by atoms with Crippen molar-refractivity contribution >= 4 is 0 Å². The second kappa shape index (κ2) is 5.61. The van der Waals surface area contributed by atoms with Crippen LogP contribution in [0.1, 0.15) is 5.56 Å². The summed E-state index contributed by atoms with van der Waals surface area (Å²) in [6.07, 6.45) is 3.98. The Balaban J connectivity index is 0.00000112. The van der Waals surface area contributed by atoms with Crippen molar-refractivity contribution in [2.45, 2.75) is 6.54 Å². The van der Waals surface area contributed by atoms with Gasteiger partial charge in [0, 0.05) is 17.7 Å². The molecule has 3 heteroatoms. The lowest BCUT2D eigenvalue weighted by Crippen LogP contribution is -3.00. The van der Waals surface area contributed by atoms with Gasteiger partial charge < -0.3 is 17.0 Å². The molecular formula is C12H11BrFN. The largest absolute Gasteiger partial charge is 1.00 e. The first-order valence-electron chi connectivity index (χ1n) is 4.53. The van der Waals surface area contributed by atoms with Crippen molar-refractivity contribution in [3.63, 3.8) is 0 Å². The fraction of sp³-hybridized carbons (Fsp3) is 0.0833. The summed E-state index contributed by atoms with van der Waals surface area (Å²) in [5.41, 5.74) is 1.10. The van der Waals surface area contributed by atoms with Gasteiger partial charge in [-0.15, -0.1) is 0 Å². The molecule has 1 heterocycles. The van der Waals surface area contributed by atoms with Crippen LogP contribution in [-0.4, -0.2) is 0 Å². The molecule has 0 aliphatic heterocycles. The fourth-order valence-corrected chi connectivity index (χ4v) is 1.34. The van der Waals surface area contributed by atoms with Crippen molar-refractivity contribution in [2.24, 2.45) is 0 Å². The molecule has 1 aromatic heterocycles. The molecule has 0 radical (unpaired) electrons. The topological polar surface area (TPSA) is 3.88 Å². The average molecular weight is 268 g/mol. The molecule has 0 aliphatic rings. The van der Waals surface area contributed by atoms with E-state index in [-0.39, 0.29) is 22.8 Å².